The molecule has 1 amide bonds. The van der Waals surface area contributed by atoms with Gasteiger partial charge in [-0.05, 0) is 50.6 Å². The third-order valence-corrected chi connectivity index (χ3v) is 5.32. The van der Waals surface area contributed by atoms with Crippen LogP contribution in [0, 0.1) is 11.3 Å². The summed E-state index contributed by atoms with van der Waals surface area (Å²) >= 11 is 0. The van der Waals surface area contributed by atoms with Crippen LogP contribution in [0.2, 0.25) is 0 Å². The number of nitrogens with one attached hydrogen (secondary N) is 1. The first-order valence-corrected chi connectivity index (χ1v) is 8.63. The number of carbonyl (C=O) groups excluding carboxylic acids is 1. The van der Waals surface area contributed by atoms with Gasteiger partial charge in [0.05, 0.1) is 6.04 Å². The second-order valence-corrected chi connectivity index (χ2v) is 7.78. The van der Waals surface area contributed by atoms with Crippen LogP contribution in [0.1, 0.15) is 47.0 Å². The van der Waals surface area contributed by atoms with Gasteiger partial charge in [0.2, 0.25) is 5.91 Å². The highest BCUT2D eigenvalue weighted by Crippen LogP contribution is 2.34. The van der Waals surface area contributed by atoms with E-state index in [0.717, 1.165) is 45.2 Å². The summed E-state index contributed by atoms with van der Waals surface area (Å²) in [4.78, 5) is 17.1. The Kier molecular flexibility index (Phi) is 5.67. The monoisotopic (exact) mass is 295 g/mol. The third kappa shape index (κ3) is 4.43. The Morgan fingerprint density at radius 3 is 2.38 bits per heavy atom. The van der Waals surface area contributed by atoms with Crippen LogP contribution < -0.4 is 5.32 Å². The first-order valence-electron chi connectivity index (χ1n) is 8.63. The highest BCUT2D eigenvalue weighted by Gasteiger charge is 2.31. The van der Waals surface area contributed by atoms with Crippen LogP contribution >= 0.6 is 0 Å². The summed E-state index contributed by atoms with van der Waals surface area (Å²) in [5.41, 5.74) is 0.391. The molecule has 2 rings (SSSR count). The van der Waals surface area contributed by atoms with Crippen molar-refractivity contribution < 1.29 is 4.79 Å². The second kappa shape index (κ2) is 7.10. The zero-order valence-electron chi connectivity index (χ0n) is 14.3. The molecule has 2 aliphatic rings. The molecule has 0 spiro atoms. The summed E-state index contributed by atoms with van der Waals surface area (Å²) < 4.78 is 0. The molecule has 2 saturated heterocycles. The molecule has 2 atom stereocenters. The van der Waals surface area contributed by atoms with Gasteiger partial charge in [0.15, 0.2) is 0 Å². The van der Waals surface area contributed by atoms with E-state index in [-0.39, 0.29) is 6.04 Å². The van der Waals surface area contributed by atoms with Crippen molar-refractivity contribution in [1.29, 1.82) is 0 Å². The normalized spacial score (nSPS) is 27.2. The fourth-order valence-corrected chi connectivity index (χ4v) is 3.68. The van der Waals surface area contributed by atoms with Gasteiger partial charge in [-0.3, -0.25) is 9.69 Å². The van der Waals surface area contributed by atoms with Crippen LogP contribution in [0.4, 0.5) is 0 Å². The summed E-state index contributed by atoms with van der Waals surface area (Å²) in [6.45, 7) is 14.9. The molecule has 1 N–H and O–H groups in total. The van der Waals surface area contributed by atoms with Crippen molar-refractivity contribution in [3.63, 3.8) is 0 Å². The maximum atomic E-state index is 12.6. The molecule has 2 unspecified atom stereocenters. The molecular formula is C17H33N3O. The minimum atomic E-state index is 0.0434. The standard InChI is InChI=1S/C17H33N3O/c1-14(16(21)20-12-8-18-9-13-20)19-10-5-6-15(7-11-19)17(2,3)4/h14-15,18H,5-13H2,1-4H3. The Balaban J connectivity index is 1.90. The largest absolute Gasteiger partial charge is 0.339 e. The van der Waals surface area contributed by atoms with E-state index < -0.39 is 0 Å². The molecule has 122 valence electrons. The summed E-state index contributed by atoms with van der Waals surface area (Å²) in [6.07, 6.45) is 3.75. The smallest absolute Gasteiger partial charge is 0.239 e. The van der Waals surface area contributed by atoms with E-state index >= 15 is 0 Å². The lowest BCUT2D eigenvalue weighted by Gasteiger charge is -2.34. The SMILES string of the molecule is CC(C(=O)N1CCNCC1)N1CCCC(C(C)(C)C)CC1. The van der Waals surface area contributed by atoms with Gasteiger partial charge in [-0.2, -0.15) is 0 Å². The fourth-order valence-electron chi connectivity index (χ4n) is 3.68. The zero-order valence-corrected chi connectivity index (χ0v) is 14.3. The highest BCUT2D eigenvalue weighted by atomic mass is 16.2. The van der Waals surface area contributed by atoms with Crippen LogP contribution in [0.25, 0.3) is 0 Å². The van der Waals surface area contributed by atoms with Gasteiger partial charge in [0, 0.05) is 26.2 Å². The van der Waals surface area contributed by atoms with Crippen molar-refractivity contribution in [3.05, 3.63) is 0 Å². The van der Waals surface area contributed by atoms with E-state index in [1.54, 1.807) is 0 Å². The number of nitrogens with zero attached hydrogens (tertiary/aromatic N) is 2. The highest BCUT2D eigenvalue weighted by molar-refractivity contribution is 5.81. The Morgan fingerprint density at radius 1 is 1.10 bits per heavy atom. The predicted molar refractivity (Wildman–Crippen MR) is 87.3 cm³/mol. The van der Waals surface area contributed by atoms with E-state index in [1.807, 2.05) is 4.90 Å². The number of hydrogen-bond donors (Lipinski definition) is 1. The van der Waals surface area contributed by atoms with E-state index in [2.05, 4.69) is 37.9 Å². The van der Waals surface area contributed by atoms with Gasteiger partial charge in [0.1, 0.15) is 0 Å². The molecule has 4 nitrogen and oxygen atoms in total. The number of likely N-dealkylation sites (tertiary alicyclic amines) is 1. The van der Waals surface area contributed by atoms with Gasteiger partial charge < -0.3 is 10.2 Å². The Bertz CT molecular complexity index is 344. The molecule has 2 heterocycles. The average molecular weight is 295 g/mol. The van der Waals surface area contributed by atoms with E-state index in [9.17, 15) is 4.79 Å². The number of carbonyl (C=O) groups is 1. The molecule has 0 aliphatic carbocycles. The summed E-state index contributed by atoms with van der Waals surface area (Å²) in [5, 5.41) is 3.31. The predicted octanol–water partition coefficient (Wildman–Crippen LogP) is 1.95. The summed E-state index contributed by atoms with van der Waals surface area (Å²) in [7, 11) is 0. The summed E-state index contributed by atoms with van der Waals surface area (Å²) in [6, 6.07) is 0.0434. The maximum Gasteiger partial charge on any atom is 0.239 e. The second-order valence-electron chi connectivity index (χ2n) is 7.78. The first kappa shape index (κ1) is 16.8. The van der Waals surface area contributed by atoms with Crippen LogP contribution in [-0.4, -0.2) is 61.0 Å². The van der Waals surface area contributed by atoms with Crippen LogP contribution in [0.3, 0.4) is 0 Å². The topological polar surface area (TPSA) is 35.6 Å². The molecule has 21 heavy (non-hydrogen) atoms. The third-order valence-electron chi connectivity index (χ3n) is 5.32. The molecular weight excluding hydrogens is 262 g/mol. The Labute approximate surface area is 130 Å². The van der Waals surface area contributed by atoms with Gasteiger partial charge in [-0.1, -0.05) is 20.8 Å². The lowest BCUT2D eigenvalue weighted by atomic mass is 9.77. The molecule has 0 aromatic carbocycles. The van der Waals surface area contributed by atoms with Crippen LogP contribution in [0.5, 0.6) is 0 Å². The molecule has 2 aliphatic heterocycles. The Morgan fingerprint density at radius 2 is 1.76 bits per heavy atom. The quantitative estimate of drug-likeness (QED) is 0.846. The van der Waals surface area contributed by atoms with Crippen molar-refractivity contribution in [2.24, 2.45) is 11.3 Å². The Hall–Kier alpha value is -0.610. The number of piperazine rings is 1. The first-order chi connectivity index (χ1) is 9.89. The lowest BCUT2D eigenvalue weighted by molar-refractivity contribution is -0.137. The van der Waals surface area contributed by atoms with Crippen LogP contribution in [-0.2, 0) is 4.79 Å². The minimum Gasteiger partial charge on any atom is -0.339 e. The molecule has 0 saturated carbocycles. The lowest BCUT2D eigenvalue weighted by Crippen LogP contribution is -2.53. The van der Waals surface area contributed by atoms with Crippen LogP contribution in [0.15, 0.2) is 0 Å². The number of amides is 1. The van der Waals surface area contributed by atoms with Gasteiger partial charge in [-0.15, -0.1) is 0 Å². The maximum absolute atomic E-state index is 12.6. The molecule has 0 radical (unpaired) electrons. The molecule has 4 heteroatoms. The summed E-state index contributed by atoms with van der Waals surface area (Å²) in [5.74, 6) is 1.11. The fraction of sp³-hybridized carbons (Fsp3) is 0.941. The molecule has 0 bridgehead atoms. The average Bonchev–Trinajstić information content (AvgIpc) is 2.72. The molecule has 2 fully saturated rings. The van der Waals surface area contributed by atoms with Crippen molar-refractivity contribution in [3.8, 4) is 0 Å². The van der Waals surface area contributed by atoms with Crippen molar-refractivity contribution >= 4 is 5.91 Å². The van der Waals surface area contributed by atoms with Crippen molar-refractivity contribution in [2.75, 3.05) is 39.3 Å². The van der Waals surface area contributed by atoms with Crippen molar-refractivity contribution in [2.45, 2.75) is 53.0 Å². The number of hydrogen-bond acceptors (Lipinski definition) is 3. The van der Waals surface area contributed by atoms with E-state index in [0.29, 0.717) is 11.3 Å². The van der Waals surface area contributed by atoms with E-state index in [4.69, 9.17) is 0 Å². The van der Waals surface area contributed by atoms with Gasteiger partial charge in [-0.25, -0.2) is 0 Å². The van der Waals surface area contributed by atoms with Gasteiger partial charge in [0.25, 0.3) is 0 Å². The molecule has 0 aromatic rings. The van der Waals surface area contributed by atoms with E-state index in [1.165, 1.54) is 19.3 Å². The molecule has 0 aromatic heterocycles. The zero-order chi connectivity index (χ0) is 15.5. The van der Waals surface area contributed by atoms with Crippen molar-refractivity contribution in [1.82, 2.24) is 15.1 Å². The number of rotatable bonds is 2. The van der Waals surface area contributed by atoms with Gasteiger partial charge >= 0.3 is 0 Å². The minimum absolute atomic E-state index is 0.0434.